The molecule has 1 saturated heterocycles. The number of hydrogen-bond acceptors (Lipinski definition) is 1. The Morgan fingerprint density at radius 1 is 0.789 bits per heavy atom. The van der Waals surface area contributed by atoms with Crippen LogP contribution in [0.1, 0.15) is 70.6 Å². The van der Waals surface area contributed by atoms with Crippen molar-refractivity contribution < 1.29 is 4.74 Å². The molecule has 1 heterocycles. The summed E-state index contributed by atoms with van der Waals surface area (Å²) >= 11 is 0. The van der Waals surface area contributed by atoms with Gasteiger partial charge in [-0.3, -0.25) is 0 Å². The first-order chi connectivity index (χ1) is 9.45. The van der Waals surface area contributed by atoms with E-state index in [1.165, 1.54) is 51.4 Å². The lowest BCUT2D eigenvalue weighted by Gasteiger charge is -2.15. The van der Waals surface area contributed by atoms with Crippen LogP contribution in [0.25, 0.3) is 0 Å². The van der Waals surface area contributed by atoms with Crippen molar-refractivity contribution in [3.63, 3.8) is 0 Å². The average Bonchev–Trinajstić information content (AvgIpc) is 2.96. The molecule has 0 aromatic rings. The molecule has 0 aromatic heterocycles. The second-order valence-corrected chi connectivity index (χ2v) is 5.69. The highest BCUT2D eigenvalue weighted by molar-refractivity contribution is 5.07. The van der Waals surface area contributed by atoms with E-state index >= 15 is 0 Å². The molecule has 0 N–H and O–H groups in total. The van der Waals surface area contributed by atoms with Crippen LogP contribution in [-0.4, -0.2) is 12.7 Å². The highest BCUT2D eigenvalue weighted by Gasteiger charge is 2.11. The van der Waals surface area contributed by atoms with Crippen molar-refractivity contribution in [3.05, 3.63) is 0 Å². The van der Waals surface area contributed by atoms with Gasteiger partial charge in [-0.15, -0.1) is 11.8 Å². The third-order valence-electron chi connectivity index (χ3n) is 3.96. The molecule has 1 heteroatoms. The maximum Gasteiger partial charge on any atom is 0.118 e. The van der Waals surface area contributed by atoms with E-state index in [1.54, 1.807) is 0 Å². The third kappa shape index (κ3) is 6.17. The van der Waals surface area contributed by atoms with Gasteiger partial charge in [-0.25, -0.2) is 0 Å². The number of hydrogen-bond donors (Lipinski definition) is 0. The van der Waals surface area contributed by atoms with E-state index in [9.17, 15) is 0 Å². The van der Waals surface area contributed by atoms with Gasteiger partial charge in [0, 0.05) is 25.4 Å². The Hall–Kier alpha value is -0.920. The lowest BCUT2D eigenvalue weighted by molar-refractivity contribution is 0.152. The molecule has 1 saturated carbocycles. The van der Waals surface area contributed by atoms with Gasteiger partial charge in [0.2, 0.25) is 0 Å². The Balaban J connectivity index is 1.48. The summed E-state index contributed by atoms with van der Waals surface area (Å²) < 4.78 is 5.47. The van der Waals surface area contributed by atoms with Gasteiger partial charge in [0.1, 0.15) is 6.10 Å². The summed E-state index contributed by atoms with van der Waals surface area (Å²) in [5.74, 6) is 14.0. The van der Waals surface area contributed by atoms with Crippen molar-refractivity contribution >= 4 is 0 Å². The van der Waals surface area contributed by atoms with Gasteiger partial charge in [0.25, 0.3) is 0 Å². The third-order valence-corrected chi connectivity index (χ3v) is 3.96. The lowest BCUT2D eigenvalue weighted by Crippen LogP contribution is -2.02. The predicted molar refractivity (Wildman–Crippen MR) is 79.6 cm³/mol. The number of ether oxygens (including phenoxy) is 1. The Kier molecular flexibility index (Phi) is 6.91. The molecule has 1 nitrogen and oxygen atoms in total. The zero-order valence-electron chi connectivity index (χ0n) is 12.0. The Bertz CT molecular complexity index is 351. The summed E-state index contributed by atoms with van der Waals surface area (Å²) in [5, 5.41) is 0. The average molecular weight is 258 g/mol. The minimum absolute atomic E-state index is 0.228. The molecule has 1 aliphatic carbocycles. The summed E-state index contributed by atoms with van der Waals surface area (Å²) in [7, 11) is 0. The molecule has 2 aliphatic rings. The van der Waals surface area contributed by atoms with Gasteiger partial charge in [0.05, 0.1) is 0 Å². The molecule has 1 aliphatic heterocycles. The predicted octanol–water partition coefficient (Wildman–Crippen LogP) is 4.31. The van der Waals surface area contributed by atoms with Crippen molar-refractivity contribution in [2.24, 2.45) is 5.92 Å². The van der Waals surface area contributed by atoms with Crippen LogP contribution in [0.3, 0.4) is 0 Å². The lowest BCUT2D eigenvalue weighted by atomic mass is 9.90. The zero-order valence-corrected chi connectivity index (χ0v) is 12.0. The van der Waals surface area contributed by atoms with E-state index in [4.69, 9.17) is 4.74 Å². The first-order valence-corrected chi connectivity index (χ1v) is 8.03. The largest absolute Gasteiger partial charge is 0.366 e. The quantitative estimate of drug-likeness (QED) is 0.541. The topological polar surface area (TPSA) is 9.23 Å². The van der Waals surface area contributed by atoms with Crippen molar-refractivity contribution in [2.45, 2.75) is 76.7 Å². The fourth-order valence-corrected chi connectivity index (χ4v) is 2.77. The number of rotatable bonds is 3. The van der Waals surface area contributed by atoms with Crippen molar-refractivity contribution in [2.75, 3.05) is 6.61 Å². The summed E-state index contributed by atoms with van der Waals surface area (Å²) in [4.78, 5) is 0. The van der Waals surface area contributed by atoms with Crippen LogP contribution in [-0.2, 0) is 4.74 Å². The minimum atomic E-state index is 0.228. The standard InChI is InChI=1S/C18H26O/c1(2-4-9-14-18-15-10-16-19-18)3-6-11-17-12-7-5-8-13-17/h17-18H,1-5,7-8,10,12-13,15-16H2. The second kappa shape index (κ2) is 9.06. The molecule has 1 unspecified atom stereocenters. The van der Waals surface area contributed by atoms with E-state index < -0.39 is 0 Å². The van der Waals surface area contributed by atoms with E-state index in [0.717, 1.165) is 25.9 Å². The molecule has 0 spiro atoms. The Morgan fingerprint density at radius 3 is 2.21 bits per heavy atom. The first kappa shape index (κ1) is 14.5. The summed E-state index contributed by atoms with van der Waals surface area (Å²) in [6, 6.07) is 0. The van der Waals surface area contributed by atoms with E-state index in [1.807, 2.05) is 0 Å². The maximum absolute atomic E-state index is 5.47. The van der Waals surface area contributed by atoms with Crippen LogP contribution in [0.15, 0.2) is 0 Å². The minimum Gasteiger partial charge on any atom is -0.366 e. The van der Waals surface area contributed by atoms with Crippen LogP contribution in [0.5, 0.6) is 0 Å². The van der Waals surface area contributed by atoms with Gasteiger partial charge < -0.3 is 4.74 Å². The molecule has 1 atom stereocenters. The van der Waals surface area contributed by atoms with Crippen LogP contribution in [0.2, 0.25) is 0 Å². The van der Waals surface area contributed by atoms with Crippen LogP contribution >= 0.6 is 0 Å². The summed E-state index contributed by atoms with van der Waals surface area (Å²) in [5.41, 5.74) is 0. The van der Waals surface area contributed by atoms with E-state index in [0.29, 0.717) is 5.92 Å². The molecule has 0 aromatic carbocycles. The highest BCUT2D eigenvalue weighted by Crippen LogP contribution is 2.22. The summed E-state index contributed by atoms with van der Waals surface area (Å²) in [6.07, 6.45) is 13.8. The van der Waals surface area contributed by atoms with Crippen molar-refractivity contribution in [1.29, 1.82) is 0 Å². The van der Waals surface area contributed by atoms with Gasteiger partial charge in [-0.05, 0) is 38.5 Å². The molecular weight excluding hydrogens is 232 g/mol. The maximum atomic E-state index is 5.47. The monoisotopic (exact) mass is 258 g/mol. The fraction of sp³-hybridized carbons (Fsp3) is 0.778. The molecular formula is C18H26O. The van der Waals surface area contributed by atoms with Gasteiger partial charge >= 0.3 is 0 Å². The SMILES string of the molecule is C(#CC1CCCCC1)CCCCC#CC1CCCO1. The molecule has 104 valence electrons. The molecule has 2 rings (SSSR count). The Morgan fingerprint density at radius 2 is 1.53 bits per heavy atom. The molecule has 2 fully saturated rings. The molecule has 0 bridgehead atoms. The molecule has 0 amide bonds. The molecule has 0 radical (unpaired) electrons. The highest BCUT2D eigenvalue weighted by atomic mass is 16.5. The van der Waals surface area contributed by atoms with E-state index in [-0.39, 0.29) is 6.10 Å². The molecule has 19 heavy (non-hydrogen) atoms. The van der Waals surface area contributed by atoms with Crippen LogP contribution < -0.4 is 0 Å². The van der Waals surface area contributed by atoms with Crippen molar-refractivity contribution in [1.82, 2.24) is 0 Å². The van der Waals surface area contributed by atoms with Crippen molar-refractivity contribution in [3.8, 4) is 23.7 Å². The second-order valence-electron chi connectivity index (χ2n) is 5.69. The smallest absolute Gasteiger partial charge is 0.118 e. The normalized spacial score (nSPS) is 23.3. The zero-order chi connectivity index (χ0) is 13.2. The Labute approximate surface area is 118 Å². The first-order valence-electron chi connectivity index (χ1n) is 8.03. The number of unbranched alkanes of at least 4 members (excludes halogenated alkanes) is 3. The van der Waals surface area contributed by atoms with Gasteiger partial charge in [-0.2, -0.15) is 0 Å². The summed E-state index contributed by atoms with van der Waals surface area (Å²) in [6.45, 7) is 0.899. The van der Waals surface area contributed by atoms with Crippen LogP contribution in [0, 0.1) is 29.6 Å². The van der Waals surface area contributed by atoms with E-state index in [2.05, 4.69) is 23.7 Å². The van der Waals surface area contributed by atoms with Gasteiger partial charge in [0.15, 0.2) is 0 Å². The van der Waals surface area contributed by atoms with Crippen LogP contribution in [0.4, 0.5) is 0 Å². The van der Waals surface area contributed by atoms with Gasteiger partial charge in [-0.1, -0.05) is 31.1 Å². The fourth-order valence-electron chi connectivity index (χ4n) is 2.77.